The average molecular weight is 290 g/mol. The first-order valence-corrected chi connectivity index (χ1v) is 7.73. The first-order valence-electron chi connectivity index (χ1n) is 7.73. The lowest BCUT2D eigenvalue weighted by atomic mass is 9.75. The van der Waals surface area contributed by atoms with E-state index in [0.29, 0.717) is 24.4 Å². The molecule has 0 radical (unpaired) electrons. The van der Waals surface area contributed by atoms with E-state index in [4.69, 9.17) is 4.74 Å². The SMILES string of the molecule is COc1ccccc1C1CC(NCC(=O)NCC(C)C)C1. The normalized spacial score (nSPS) is 21.0. The number of benzene rings is 1. The van der Waals surface area contributed by atoms with E-state index in [1.54, 1.807) is 7.11 Å². The fourth-order valence-electron chi connectivity index (χ4n) is 2.66. The minimum Gasteiger partial charge on any atom is -0.496 e. The number of amides is 1. The van der Waals surface area contributed by atoms with Gasteiger partial charge in [0.15, 0.2) is 0 Å². The molecule has 0 heterocycles. The Morgan fingerprint density at radius 2 is 2.05 bits per heavy atom. The molecule has 4 nitrogen and oxygen atoms in total. The Morgan fingerprint density at radius 3 is 2.71 bits per heavy atom. The number of nitrogens with one attached hydrogen (secondary N) is 2. The third-order valence-corrected chi connectivity index (χ3v) is 3.98. The summed E-state index contributed by atoms with van der Waals surface area (Å²) in [5, 5.41) is 6.25. The second-order valence-electron chi connectivity index (χ2n) is 6.19. The number of methoxy groups -OCH3 is 1. The van der Waals surface area contributed by atoms with Crippen molar-refractivity contribution in [3.63, 3.8) is 0 Å². The average Bonchev–Trinajstić information content (AvgIpc) is 2.43. The molecule has 0 bridgehead atoms. The minimum atomic E-state index is 0.0874. The summed E-state index contributed by atoms with van der Waals surface area (Å²) < 4.78 is 5.41. The highest BCUT2D eigenvalue weighted by Gasteiger charge is 2.31. The molecule has 1 aliphatic rings. The van der Waals surface area contributed by atoms with Crippen molar-refractivity contribution in [2.45, 2.75) is 38.6 Å². The quantitative estimate of drug-likeness (QED) is 0.810. The molecule has 0 aliphatic heterocycles. The first kappa shape index (κ1) is 15.8. The van der Waals surface area contributed by atoms with E-state index >= 15 is 0 Å². The number of carbonyl (C=O) groups excluding carboxylic acids is 1. The van der Waals surface area contributed by atoms with Crippen LogP contribution >= 0.6 is 0 Å². The summed E-state index contributed by atoms with van der Waals surface area (Å²) in [6.07, 6.45) is 2.13. The van der Waals surface area contributed by atoms with Crippen molar-refractivity contribution in [1.82, 2.24) is 10.6 Å². The predicted molar refractivity (Wildman–Crippen MR) is 84.6 cm³/mol. The smallest absolute Gasteiger partial charge is 0.233 e. The molecule has 4 heteroatoms. The van der Waals surface area contributed by atoms with Gasteiger partial charge in [-0.25, -0.2) is 0 Å². The minimum absolute atomic E-state index is 0.0874. The summed E-state index contributed by atoms with van der Waals surface area (Å²) >= 11 is 0. The number of hydrogen-bond acceptors (Lipinski definition) is 3. The summed E-state index contributed by atoms with van der Waals surface area (Å²) in [5.41, 5.74) is 1.28. The maximum atomic E-state index is 11.7. The zero-order chi connectivity index (χ0) is 15.2. The monoisotopic (exact) mass is 290 g/mol. The van der Waals surface area contributed by atoms with Crippen LogP contribution in [0.25, 0.3) is 0 Å². The Kier molecular flexibility index (Phi) is 5.62. The van der Waals surface area contributed by atoms with Crippen LogP contribution < -0.4 is 15.4 Å². The maximum Gasteiger partial charge on any atom is 0.233 e. The van der Waals surface area contributed by atoms with E-state index in [0.717, 1.165) is 25.1 Å². The molecule has 0 unspecified atom stereocenters. The first-order chi connectivity index (χ1) is 10.1. The molecule has 1 aliphatic carbocycles. The van der Waals surface area contributed by atoms with Crippen LogP contribution in [0.3, 0.4) is 0 Å². The van der Waals surface area contributed by atoms with Gasteiger partial charge >= 0.3 is 0 Å². The number of ether oxygens (including phenoxy) is 1. The van der Waals surface area contributed by atoms with Gasteiger partial charge in [-0.15, -0.1) is 0 Å². The Bertz CT molecular complexity index is 468. The van der Waals surface area contributed by atoms with Crippen molar-refractivity contribution in [2.24, 2.45) is 5.92 Å². The lowest BCUT2D eigenvalue weighted by molar-refractivity contribution is -0.120. The van der Waals surface area contributed by atoms with E-state index in [2.05, 4.69) is 36.6 Å². The third-order valence-electron chi connectivity index (χ3n) is 3.98. The second-order valence-corrected chi connectivity index (χ2v) is 6.19. The van der Waals surface area contributed by atoms with Crippen molar-refractivity contribution in [2.75, 3.05) is 20.2 Å². The van der Waals surface area contributed by atoms with Crippen LogP contribution in [-0.2, 0) is 4.79 Å². The lowest BCUT2D eigenvalue weighted by Crippen LogP contribution is -2.45. The molecule has 21 heavy (non-hydrogen) atoms. The van der Waals surface area contributed by atoms with Crippen molar-refractivity contribution >= 4 is 5.91 Å². The van der Waals surface area contributed by atoms with Crippen molar-refractivity contribution in [3.05, 3.63) is 29.8 Å². The molecule has 0 aromatic heterocycles. The molecule has 1 aromatic rings. The highest BCUT2D eigenvalue weighted by molar-refractivity contribution is 5.78. The molecule has 2 rings (SSSR count). The summed E-state index contributed by atoms with van der Waals surface area (Å²) in [7, 11) is 1.71. The second kappa shape index (κ2) is 7.46. The van der Waals surface area contributed by atoms with Crippen LogP contribution in [-0.4, -0.2) is 32.1 Å². The van der Waals surface area contributed by atoms with Gasteiger partial charge in [-0.05, 0) is 36.3 Å². The zero-order valence-electron chi connectivity index (χ0n) is 13.2. The Morgan fingerprint density at radius 1 is 1.33 bits per heavy atom. The number of hydrogen-bond donors (Lipinski definition) is 2. The van der Waals surface area contributed by atoms with Gasteiger partial charge < -0.3 is 15.4 Å². The van der Waals surface area contributed by atoms with Gasteiger partial charge in [-0.3, -0.25) is 4.79 Å². The fourth-order valence-corrected chi connectivity index (χ4v) is 2.66. The molecule has 0 saturated heterocycles. The largest absolute Gasteiger partial charge is 0.496 e. The Balaban J connectivity index is 1.71. The zero-order valence-corrected chi connectivity index (χ0v) is 13.2. The summed E-state index contributed by atoms with van der Waals surface area (Å²) in [4.78, 5) is 11.7. The van der Waals surface area contributed by atoms with E-state index in [-0.39, 0.29) is 5.91 Å². The Labute approximate surface area is 127 Å². The van der Waals surface area contributed by atoms with E-state index < -0.39 is 0 Å². The molecule has 1 aromatic carbocycles. The molecular formula is C17H26N2O2. The molecule has 1 saturated carbocycles. The predicted octanol–water partition coefficient (Wildman–Crippen LogP) is 2.30. The topological polar surface area (TPSA) is 50.4 Å². The molecule has 2 N–H and O–H groups in total. The summed E-state index contributed by atoms with van der Waals surface area (Å²) in [6.45, 7) is 5.35. The van der Waals surface area contributed by atoms with E-state index in [1.165, 1.54) is 5.56 Å². The number of para-hydroxylation sites is 1. The van der Waals surface area contributed by atoms with Gasteiger partial charge in [0, 0.05) is 12.6 Å². The van der Waals surface area contributed by atoms with E-state index in [9.17, 15) is 4.79 Å². The van der Waals surface area contributed by atoms with Crippen LogP contribution in [0.1, 0.15) is 38.2 Å². The van der Waals surface area contributed by atoms with Crippen LogP contribution in [0.15, 0.2) is 24.3 Å². The third kappa shape index (κ3) is 4.46. The highest BCUT2D eigenvalue weighted by Crippen LogP contribution is 2.40. The molecular weight excluding hydrogens is 264 g/mol. The highest BCUT2D eigenvalue weighted by atomic mass is 16.5. The van der Waals surface area contributed by atoms with Crippen LogP contribution in [0.2, 0.25) is 0 Å². The summed E-state index contributed by atoms with van der Waals surface area (Å²) in [5.74, 6) is 2.09. The summed E-state index contributed by atoms with van der Waals surface area (Å²) in [6, 6.07) is 8.63. The van der Waals surface area contributed by atoms with Crippen molar-refractivity contribution < 1.29 is 9.53 Å². The lowest BCUT2D eigenvalue weighted by Gasteiger charge is -2.36. The van der Waals surface area contributed by atoms with Gasteiger partial charge in [0.05, 0.1) is 13.7 Å². The molecule has 0 atom stereocenters. The van der Waals surface area contributed by atoms with Gasteiger partial charge in [0.2, 0.25) is 5.91 Å². The maximum absolute atomic E-state index is 11.7. The molecule has 0 spiro atoms. The molecule has 1 fully saturated rings. The van der Waals surface area contributed by atoms with Gasteiger partial charge in [0.1, 0.15) is 5.75 Å². The van der Waals surface area contributed by atoms with Gasteiger partial charge in [0.25, 0.3) is 0 Å². The van der Waals surface area contributed by atoms with Crippen LogP contribution in [0.4, 0.5) is 0 Å². The fraction of sp³-hybridized carbons (Fsp3) is 0.588. The molecule has 116 valence electrons. The van der Waals surface area contributed by atoms with Gasteiger partial charge in [-0.2, -0.15) is 0 Å². The number of rotatable bonds is 7. The standard InChI is InChI=1S/C17H26N2O2/c1-12(2)10-19-17(20)11-18-14-8-13(9-14)15-6-4-5-7-16(15)21-3/h4-7,12-14,18H,8-11H2,1-3H3,(H,19,20). The van der Waals surface area contributed by atoms with Crippen LogP contribution in [0, 0.1) is 5.92 Å². The van der Waals surface area contributed by atoms with E-state index in [1.807, 2.05) is 12.1 Å². The van der Waals surface area contributed by atoms with Crippen LogP contribution in [0.5, 0.6) is 5.75 Å². The van der Waals surface area contributed by atoms with Crippen molar-refractivity contribution in [3.8, 4) is 5.75 Å². The number of carbonyl (C=O) groups is 1. The van der Waals surface area contributed by atoms with Crippen molar-refractivity contribution in [1.29, 1.82) is 0 Å². The molecule has 1 amide bonds. The van der Waals surface area contributed by atoms with Gasteiger partial charge in [-0.1, -0.05) is 32.0 Å². The Hall–Kier alpha value is -1.55.